The Hall–Kier alpha value is -3.76. The fraction of sp³-hybridized carbons (Fsp3) is 0.312. The van der Waals surface area contributed by atoms with E-state index >= 15 is 0 Å². The Morgan fingerprint density at radius 2 is 1.72 bits per heavy atom. The number of carbonyl (C=O) groups is 1. The van der Waals surface area contributed by atoms with E-state index in [1.165, 1.54) is 19.3 Å². The molecule has 2 aromatic heterocycles. The number of rotatable bonds is 8. The van der Waals surface area contributed by atoms with Gasteiger partial charge in [0, 0.05) is 47.6 Å². The molecule has 0 radical (unpaired) electrons. The largest absolute Gasteiger partial charge is 0.481 e. The van der Waals surface area contributed by atoms with E-state index in [2.05, 4.69) is 15.7 Å². The van der Waals surface area contributed by atoms with Crippen LogP contribution in [0.1, 0.15) is 54.6 Å². The summed E-state index contributed by atoms with van der Waals surface area (Å²) >= 11 is 13.7. The van der Waals surface area contributed by atoms with Crippen molar-refractivity contribution < 1.29 is 14.6 Å². The van der Waals surface area contributed by atoms with E-state index in [-0.39, 0.29) is 28.8 Å². The molecule has 0 aliphatic heterocycles. The molecular weight excluding hydrogens is 589 g/mol. The summed E-state index contributed by atoms with van der Waals surface area (Å²) in [7, 11) is 3.05. The van der Waals surface area contributed by atoms with Crippen molar-refractivity contribution in [1.82, 2.24) is 20.1 Å². The molecule has 0 bridgehead atoms. The Morgan fingerprint density at radius 1 is 1.02 bits per heavy atom. The Bertz CT molecular complexity index is 1710. The highest BCUT2D eigenvalue weighted by Crippen LogP contribution is 2.41. The molecular formula is C32H33Cl2N5O4. The van der Waals surface area contributed by atoms with Gasteiger partial charge in [0.1, 0.15) is 5.56 Å². The van der Waals surface area contributed by atoms with Crippen LogP contribution in [0, 0.1) is 0 Å². The summed E-state index contributed by atoms with van der Waals surface area (Å²) in [5.74, 6) is -0.130. The number of hydrogen-bond donors (Lipinski definition) is 3. The molecule has 3 N–H and O–H groups in total. The Labute approximate surface area is 259 Å². The zero-order valence-electron chi connectivity index (χ0n) is 24.1. The minimum absolute atomic E-state index is 0.0274. The van der Waals surface area contributed by atoms with Crippen molar-refractivity contribution in [3.8, 4) is 28.3 Å². The van der Waals surface area contributed by atoms with Crippen LogP contribution in [0.4, 0.5) is 5.69 Å². The van der Waals surface area contributed by atoms with Gasteiger partial charge in [-0.3, -0.25) is 9.59 Å². The normalized spacial score (nSPS) is 17.3. The maximum absolute atomic E-state index is 12.9. The van der Waals surface area contributed by atoms with Gasteiger partial charge in [-0.15, -0.1) is 0 Å². The number of nitrogens with one attached hydrogen (secondary N) is 2. The van der Waals surface area contributed by atoms with Crippen molar-refractivity contribution in [2.24, 2.45) is 7.05 Å². The zero-order chi connectivity index (χ0) is 30.7. The summed E-state index contributed by atoms with van der Waals surface area (Å²) < 4.78 is 6.77. The fourth-order valence-corrected chi connectivity index (χ4v) is 6.05. The molecule has 3 unspecified atom stereocenters. The van der Waals surface area contributed by atoms with Gasteiger partial charge in [-0.25, -0.2) is 9.67 Å². The van der Waals surface area contributed by atoms with Crippen molar-refractivity contribution in [2.45, 2.75) is 50.8 Å². The molecule has 2 heterocycles. The van der Waals surface area contributed by atoms with E-state index in [0.717, 1.165) is 35.9 Å². The predicted molar refractivity (Wildman–Crippen MR) is 169 cm³/mol. The third-order valence-corrected chi connectivity index (χ3v) is 8.62. The molecule has 11 heteroatoms. The van der Waals surface area contributed by atoms with Gasteiger partial charge in [-0.2, -0.15) is 5.10 Å². The maximum atomic E-state index is 12.9. The van der Waals surface area contributed by atoms with Gasteiger partial charge in [0.2, 0.25) is 5.88 Å². The van der Waals surface area contributed by atoms with Crippen LogP contribution in [0.3, 0.4) is 0 Å². The first-order chi connectivity index (χ1) is 20.7. The van der Waals surface area contributed by atoms with Crippen LogP contribution in [-0.4, -0.2) is 45.0 Å². The monoisotopic (exact) mass is 621 g/mol. The standard InChI is InChI=1S/C32H33Cl2N5O4/c1-18(36-25-11-4-5-13-27(25)40)19-14-15-24(38-31(19)43-3)22-10-6-8-20(28(22)33)21-9-7-12-26(29(21)34)37-30(41)23-16-17-35-39(2)32(23)42/h6-10,12,14-18,25,27,36,40H,4-5,11,13H2,1-3H3,(H,37,41). The molecule has 4 aromatic rings. The SMILES string of the molecule is COc1nc(-c2cccc(-c3cccc(NC(=O)c4ccnn(C)c4=O)c3Cl)c2Cl)ccc1C(C)NC1CCCCC1O. The summed E-state index contributed by atoms with van der Waals surface area (Å²) in [5.41, 5.74) is 3.18. The van der Waals surface area contributed by atoms with Crippen molar-refractivity contribution in [3.63, 3.8) is 0 Å². The second-order valence-corrected chi connectivity index (χ2v) is 11.4. The molecule has 1 aliphatic rings. The van der Waals surface area contributed by atoms with Gasteiger partial charge < -0.3 is 20.5 Å². The molecule has 1 fully saturated rings. The molecule has 224 valence electrons. The van der Waals surface area contributed by atoms with Gasteiger partial charge in [0.15, 0.2) is 0 Å². The highest BCUT2D eigenvalue weighted by Gasteiger charge is 2.26. The van der Waals surface area contributed by atoms with Crippen LogP contribution in [0.5, 0.6) is 5.88 Å². The molecule has 5 rings (SSSR count). The molecule has 1 saturated carbocycles. The second-order valence-electron chi connectivity index (χ2n) is 10.6. The topological polar surface area (TPSA) is 118 Å². The van der Waals surface area contributed by atoms with E-state index in [9.17, 15) is 14.7 Å². The third kappa shape index (κ3) is 6.45. The van der Waals surface area contributed by atoms with E-state index in [4.69, 9.17) is 32.9 Å². The van der Waals surface area contributed by atoms with Crippen molar-refractivity contribution in [1.29, 1.82) is 0 Å². The number of carbonyl (C=O) groups excluding carboxylic acids is 1. The van der Waals surface area contributed by atoms with Crippen LogP contribution in [0.2, 0.25) is 10.0 Å². The molecule has 9 nitrogen and oxygen atoms in total. The van der Waals surface area contributed by atoms with Crippen molar-refractivity contribution in [2.75, 3.05) is 12.4 Å². The van der Waals surface area contributed by atoms with Crippen LogP contribution in [0.15, 0.2) is 65.6 Å². The number of halogens is 2. The first kappa shape index (κ1) is 30.7. The van der Waals surface area contributed by atoms with Gasteiger partial charge in [0.05, 0.1) is 34.6 Å². The summed E-state index contributed by atoms with van der Waals surface area (Å²) in [5, 5.41) is 21.2. The van der Waals surface area contributed by atoms with Gasteiger partial charge in [-0.1, -0.05) is 66.4 Å². The lowest BCUT2D eigenvalue weighted by Gasteiger charge is -2.31. The summed E-state index contributed by atoms with van der Waals surface area (Å²) in [4.78, 5) is 30.0. The maximum Gasteiger partial charge on any atom is 0.279 e. The highest BCUT2D eigenvalue weighted by molar-refractivity contribution is 6.39. The Kier molecular flexibility index (Phi) is 9.46. The Balaban J connectivity index is 1.43. The number of aryl methyl sites for hydroxylation is 1. The number of nitrogens with zero attached hydrogens (tertiary/aromatic N) is 3. The summed E-state index contributed by atoms with van der Waals surface area (Å²) in [6, 6.07) is 15.9. The van der Waals surface area contributed by atoms with E-state index in [1.807, 2.05) is 37.3 Å². The third-order valence-electron chi connectivity index (χ3n) is 7.80. The number of amides is 1. The first-order valence-electron chi connectivity index (χ1n) is 14.1. The van der Waals surface area contributed by atoms with Crippen molar-refractivity contribution >= 4 is 34.8 Å². The molecule has 0 saturated heterocycles. The van der Waals surface area contributed by atoms with Gasteiger partial charge in [-0.05, 0) is 44.0 Å². The fourth-order valence-electron chi connectivity index (χ4n) is 5.45. The first-order valence-corrected chi connectivity index (χ1v) is 14.9. The van der Waals surface area contributed by atoms with Gasteiger partial charge >= 0.3 is 0 Å². The molecule has 43 heavy (non-hydrogen) atoms. The molecule has 1 amide bonds. The second kappa shape index (κ2) is 13.3. The average molecular weight is 623 g/mol. The Morgan fingerprint density at radius 3 is 2.47 bits per heavy atom. The lowest BCUT2D eigenvalue weighted by Crippen LogP contribution is -2.43. The number of hydrogen-bond acceptors (Lipinski definition) is 7. The lowest BCUT2D eigenvalue weighted by atomic mass is 9.91. The predicted octanol–water partition coefficient (Wildman–Crippen LogP) is 6.03. The number of methoxy groups -OCH3 is 1. The van der Waals surface area contributed by atoms with E-state index < -0.39 is 11.5 Å². The summed E-state index contributed by atoms with van der Waals surface area (Å²) in [6.07, 6.45) is 4.89. The number of aliphatic hydroxyl groups is 1. The van der Waals surface area contributed by atoms with Crippen LogP contribution < -0.4 is 20.9 Å². The van der Waals surface area contributed by atoms with Gasteiger partial charge in [0.25, 0.3) is 11.5 Å². The van der Waals surface area contributed by atoms with Crippen LogP contribution in [-0.2, 0) is 7.05 Å². The summed E-state index contributed by atoms with van der Waals surface area (Å²) in [6.45, 7) is 2.04. The minimum atomic E-state index is -0.597. The van der Waals surface area contributed by atoms with Crippen molar-refractivity contribution in [3.05, 3.63) is 92.3 Å². The highest BCUT2D eigenvalue weighted by atomic mass is 35.5. The smallest absolute Gasteiger partial charge is 0.279 e. The number of ether oxygens (including phenoxy) is 1. The van der Waals surface area contributed by atoms with Crippen LogP contribution in [0.25, 0.3) is 22.4 Å². The number of anilines is 1. The molecule has 1 aliphatic carbocycles. The number of benzene rings is 2. The van der Waals surface area contributed by atoms with E-state index in [0.29, 0.717) is 39.0 Å². The molecule has 3 atom stereocenters. The zero-order valence-corrected chi connectivity index (χ0v) is 25.6. The quantitative estimate of drug-likeness (QED) is 0.220. The molecule has 0 spiro atoms. The van der Waals surface area contributed by atoms with Crippen LogP contribution >= 0.6 is 23.2 Å². The minimum Gasteiger partial charge on any atom is -0.481 e. The number of pyridine rings is 1. The van der Waals surface area contributed by atoms with E-state index in [1.54, 1.807) is 25.3 Å². The average Bonchev–Trinajstić information content (AvgIpc) is 3.00. The molecule has 2 aromatic carbocycles. The number of aliphatic hydroxyl groups excluding tert-OH is 1. The lowest BCUT2D eigenvalue weighted by molar-refractivity contribution is 0.0857. The number of aromatic nitrogens is 3.